The zero-order valence-corrected chi connectivity index (χ0v) is 9.68. The Labute approximate surface area is 98.8 Å². The van der Waals surface area contributed by atoms with E-state index in [1.165, 1.54) is 7.11 Å². The first kappa shape index (κ1) is 11.2. The van der Waals surface area contributed by atoms with Crippen molar-refractivity contribution >= 4 is 11.7 Å². The van der Waals surface area contributed by atoms with Crippen LogP contribution in [-0.2, 0) is 4.74 Å². The smallest absolute Gasteiger partial charge is 0.337 e. The average Bonchev–Trinajstić information content (AvgIpc) is 2.75. The van der Waals surface area contributed by atoms with Crippen LogP contribution in [0.15, 0.2) is 30.6 Å². The number of esters is 1. The largest absolute Gasteiger partial charge is 0.465 e. The van der Waals surface area contributed by atoms with Gasteiger partial charge in [0, 0.05) is 6.20 Å². The molecule has 0 atom stereocenters. The first-order chi connectivity index (χ1) is 8.11. The minimum Gasteiger partial charge on any atom is -0.465 e. The molecule has 0 saturated carbocycles. The molecule has 0 spiro atoms. The maximum absolute atomic E-state index is 11.4. The molecule has 0 aliphatic heterocycles. The van der Waals surface area contributed by atoms with Crippen molar-refractivity contribution in [1.82, 2.24) is 9.78 Å². The van der Waals surface area contributed by atoms with Crippen molar-refractivity contribution in [2.75, 3.05) is 12.8 Å². The van der Waals surface area contributed by atoms with Gasteiger partial charge in [-0.25, -0.2) is 9.48 Å². The molecule has 2 aromatic rings. The summed E-state index contributed by atoms with van der Waals surface area (Å²) in [6.45, 7) is 1.93. The lowest BCUT2D eigenvalue weighted by molar-refractivity contribution is 0.0600. The van der Waals surface area contributed by atoms with Crippen molar-refractivity contribution in [1.29, 1.82) is 0 Å². The maximum Gasteiger partial charge on any atom is 0.337 e. The first-order valence-electron chi connectivity index (χ1n) is 5.11. The van der Waals surface area contributed by atoms with Gasteiger partial charge in [0.2, 0.25) is 0 Å². The van der Waals surface area contributed by atoms with Crippen LogP contribution in [0, 0.1) is 6.92 Å². The van der Waals surface area contributed by atoms with Crippen LogP contribution in [0.5, 0.6) is 0 Å². The quantitative estimate of drug-likeness (QED) is 0.628. The average molecular weight is 231 g/mol. The van der Waals surface area contributed by atoms with Crippen LogP contribution < -0.4 is 5.73 Å². The summed E-state index contributed by atoms with van der Waals surface area (Å²) in [5.74, 6) is -0.393. The van der Waals surface area contributed by atoms with Gasteiger partial charge < -0.3 is 10.5 Å². The molecule has 0 saturated heterocycles. The minimum atomic E-state index is -0.393. The molecule has 1 aromatic heterocycles. The van der Waals surface area contributed by atoms with Crippen LogP contribution in [0.4, 0.5) is 5.69 Å². The second-order valence-electron chi connectivity index (χ2n) is 3.73. The highest BCUT2D eigenvalue weighted by Crippen LogP contribution is 2.19. The topological polar surface area (TPSA) is 70.1 Å². The molecule has 17 heavy (non-hydrogen) atoms. The monoisotopic (exact) mass is 231 g/mol. The van der Waals surface area contributed by atoms with Crippen LogP contribution in [0.2, 0.25) is 0 Å². The van der Waals surface area contributed by atoms with Gasteiger partial charge in [-0.15, -0.1) is 0 Å². The Morgan fingerprint density at radius 3 is 2.82 bits per heavy atom. The van der Waals surface area contributed by atoms with E-state index in [1.54, 1.807) is 29.1 Å². The number of nitrogens with two attached hydrogens (primary N) is 1. The number of anilines is 1. The maximum atomic E-state index is 11.4. The van der Waals surface area contributed by atoms with Gasteiger partial charge >= 0.3 is 5.97 Å². The molecule has 0 bridgehead atoms. The highest BCUT2D eigenvalue weighted by atomic mass is 16.5. The highest BCUT2D eigenvalue weighted by Gasteiger charge is 2.10. The van der Waals surface area contributed by atoms with Crippen LogP contribution in [0.1, 0.15) is 15.9 Å². The standard InChI is InChI=1S/C12H13N3O2/c1-8-6-14-15(7-8)11-5-9(12(16)17-2)3-4-10(11)13/h3-7H,13H2,1-2H3. The third-order valence-corrected chi connectivity index (χ3v) is 2.41. The van der Waals surface area contributed by atoms with Gasteiger partial charge in [0.15, 0.2) is 0 Å². The molecule has 0 radical (unpaired) electrons. The fourth-order valence-corrected chi connectivity index (χ4v) is 1.53. The van der Waals surface area contributed by atoms with E-state index in [-0.39, 0.29) is 0 Å². The normalized spacial score (nSPS) is 10.2. The highest BCUT2D eigenvalue weighted by molar-refractivity contribution is 5.90. The number of ether oxygens (including phenoxy) is 1. The molecule has 0 fully saturated rings. The molecule has 0 unspecified atom stereocenters. The number of rotatable bonds is 2. The van der Waals surface area contributed by atoms with E-state index in [2.05, 4.69) is 9.84 Å². The third-order valence-electron chi connectivity index (χ3n) is 2.41. The summed E-state index contributed by atoms with van der Waals surface area (Å²) in [6.07, 6.45) is 3.57. The summed E-state index contributed by atoms with van der Waals surface area (Å²) in [5, 5.41) is 4.16. The number of carbonyl (C=O) groups is 1. The summed E-state index contributed by atoms with van der Waals surface area (Å²) >= 11 is 0. The lowest BCUT2D eigenvalue weighted by atomic mass is 10.2. The van der Waals surface area contributed by atoms with Crippen molar-refractivity contribution in [3.8, 4) is 5.69 Å². The number of nitrogens with zero attached hydrogens (tertiary/aromatic N) is 2. The molecule has 2 N–H and O–H groups in total. The van der Waals surface area contributed by atoms with Gasteiger partial charge in [0.25, 0.3) is 0 Å². The van der Waals surface area contributed by atoms with Gasteiger partial charge in [-0.3, -0.25) is 0 Å². The summed E-state index contributed by atoms with van der Waals surface area (Å²) in [5.41, 5.74) is 8.55. The Balaban J connectivity index is 2.49. The van der Waals surface area contributed by atoms with E-state index in [0.29, 0.717) is 16.9 Å². The predicted molar refractivity (Wildman–Crippen MR) is 64.1 cm³/mol. The summed E-state index contributed by atoms with van der Waals surface area (Å²) < 4.78 is 6.30. The minimum absolute atomic E-state index is 0.393. The molecule has 1 aromatic carbocycles. The van der Waals surface area contributed by atoms with Crippen molar-refractivity contribution < 1.29 is 9.53 Å². The van der Waals surface area contributed by atoms with E-state index in [9.17, 15) is 4.79 Å². The van der Waals surface area contributed by atoms with Crippen LogP contribution in [0.25, 0.3) is 5.69 Å². The first-order valence-corrected chi connectivity index (χ1v) is 5.11. The van der Waals surface area contributed by atoms with Gasteiger partial charge in [-0.1, -0.05) is 0 Å². The number of aryl methyl sites for hydroxylation is 1. The molecule has 0 aliphatic rings. The zero-order valence-electron chi connectivity index (χ0n) is 9.68. The third kappa shape index (κ3) is 2.13. The number of hydrogen-bond acceptors (Lipinski definition) is 4. The molecule has 5 nitrogen and oxygen atoms in total. The fraction of sp³-hybridized carbons (Fsp3) is 0.167. The molecule has 88 valence electrons. The summed E-state index contributed by atoms with van der Waals surface area (Å²) in [4.78, 5) is 11.4. The fourth-order valence-electron chi connectivity index (χ4n) is 1.53. The van der Waals surface area contributed by atoms with Crippen LogP contribution in [0.3, 0.4) is 0 Å². The lowest BCUT2D eigenvalue weighted by Crippen LogP contribution is -2.06. The Kier molecular flexibility index (Phi) is 2.82. The van der Waals surface area contributed by atoms with E-state index in [0.717, 1.165) is 5.56 Å². The Bertz CT molecular complexity index is 561. The molecule has 5 heteroatoms. The zero-order chi connectivity index (χ0) is 12.4. The number of methoxy groups -OCH3 is 1. The van der Waals surface area contributed by atoms with Gasteiger partial charge in [0.1, 0.15) is 0 Å². The summed E-state index contributed by atoms with van der Waals surface area (Å²) in [7, 11) is 1.34. The Hall–Kier alpha value is -2.30. The molecule has 1 heterocycles. The summed E-state index contributed by atoms with van der Waals surface area (Å²) in [6, 6.07) is 4.95. The van der Waals surface area contributed by atoms with Crippen molar-refractivity contribution in [2.24, 2.45) is 0 Å². The van der Waals surface area contributed by atoms with E-state index < -0.39 is 5.97 Å². The lowest BCUT2D eigenvalue weighted by Gasteiger charge is -2.07. The van der Waals surface area contributed by atoms with E-state index in [4.69, 9.17) is 5.73 Å². The van der Waals surface area contributed by atoms with Crippen LogP contribution in [-0.4, -0.2) is 22.9 Å². The van der Waals surface area contributed by atoms with Crippen molar-refractivity contribution in [2.45, 2.75) is 6.92 Å². The number of hydrogen-bond donors (Lipinski definition) is 1. The SMILES string of the molecule is COC(=O)c1ccc(N)c(-n2cc(C)cn2)c1. The number of benzene rings is 1. The second kappa shape index (κ2) is 4.29. The number of aromatic nitrogens is 2. The predicted octanol–water partition coefficient (Wildman–Crippen LogP) is 1.55. The molecule has 0 amide bonds. The van der Waals surface area contributed by atoms with Gasteiger partial charge in [0.05, 0.1) is 30.2 Å². The van der Waals surface area contributed by atoms with Crippen molar-refractivity contribution in [3.63, 3.8) is 0 Å². The number of nitrogen functional groups attached to an aromatic ring is 1. The molecular formula is C12H13N3O2. The van der Waals surface area contributed by atoms with E-state index >= 15 is 0 Å². The van der Waals surface area contributed by atoms with Crippen LogP contribution >= 0.6 is 0 Å². The Morgan fingerprint density at radius 1 is 1.47 bits per heavy atom. The molecule has 2 rings (SSSR count). The van der Waals surface area contributed by atoms with Gasteiger partial charge in [-0.2, -0.15) is 5.10 Å². The number of carbonyl (C=O) groups excluding carboxylic acids is 1. The molecule has 0 aliphatic carbocycles. The van der Waals surface area contributed by atoms with E-state index in [1.807, 2.05) is 13.1 Å². The second-order valence-corrected chi connectivity index (χ2v) is 3.73. The van der Waals surface area contributed by atoms with Crippen molar-refractivity contribution in [3.05, 3.63) is 41.7 Å². The Morgan fingerprint density at radius 2 is 2.24 bits per heavy atom. The van der Waals surface area contributed by atoms with Gasteiger partial charge in [-0.05, 0) is 30.7 Å². The molecular weight excluding hydrogens is 218 g/mol.